The number of amides is 1. The average Bonchev–Trinajstić information content (AvgIpc) is 3.15. The highest BCUT2D eigenvalue weighted by molar-refractivity contribution is 7.16. The second-order valence-corrected chi connectivity index (χ2v) is 10.0. The molecule has 0 saturated carbocycles. The lowest BCUT2D eigenvalue weighted by Gasteiger charge is -2.24. The van der Waals surface area contributed by atoms with Gasteiger partial charge in [-0.1, -0.05) is 32.0 Å². The minimum absolute atomic E-state index is 0.241. The van der Waals surface area contributed by atoms with Gasteiger partial charge in [-0.05, 0) is 62.6 Å². The van der Waals surface area contributed by atoms with E-state index >= 15 is 0 Å². The van der Waals surface area contributed by atoms with Gasteiger partial charge < -0.3 is 14.8 Å². The molecule has 0 radical (unpaired) electrons. The second kappa shape index (κ2) is 10.6. The number of rotatable bonds is 7. The number of ether oxygens (including phenoxy) is 2. The summed E-state index contributed by atoms with van der Waals surface area (Å²) >= 11 is 1.32. The molecule has 1 aromatic carbocycles. The third kappa shape index (κ3) is 5.07. The van der Waals surface area contributed by atoms with E-state index in [1.165, 1.54) is 11.3 Å². The molecular formula is C27H30N2O5S. The van der Waals surface area contributed by atoms with Gasteiger partial charge in [0.2, 0.25) is 0 Å². The lowest BCUT2D eigenvalue weighted by Crippen LogP contribution is -2.24. The van der Waals surface area contributed by atoms with Gasteiger partial charge in [-0.3, -0.25) is 9.78 Å². The zero-order valence-electron chi connectivity index (χ0n) is 20.5. The van der Waals surface area contributed by atoms with Crippen molar-refractivity contribution in [3.05, 3.63) is 57.1 Å². The van der Waals surface area contributed by atoms with E-state index in [1.54, 1.807) is 6.92 Å². The number of thiophene rings is 1. The molecule has 3 aromatic rings. The molecule has 1 N–H and O–H groups in total. The molecule has 0 fully saturated rings. The fourth-order valence-corrected chi connectivity index (χ4v) is 5.82. The van der Waals surface area contributed by atoms with Crippen molar-refractivity contribution in [2.24, 2.45) is 5.92 Å². The zero-order valence-corrected chi connectivity index (χ0v) is 21.3. The highest BCUT2D eigenvalue weighted by atomic mass is 32.1. The summed E-state index contributed by atoms with van der Waals surface area (Å²) in [6, 6.07) is 7.52. The molecular weight excluding hydrogens is 464 g/mol. The number of carbonyl (C=O) groups excluding carboxylic acids is 3. The van der Waals surface area contributed by atoms with E-state index in [4.69, 9.17) is 14.5 Å². The summed E-state index contributed by atoms with van der Waals surface area (Å²) in [6.07, 6.45) is 3.23. The fourth-order valence-electron chi connectivity index (χ4n) is 4.67. The van der Waals surface area contributed by atoms with Crippen LogP contribution in [-0.4, -0.2) is 36.0 Å². The Hall–Kier alpha value is -3.26. The Kier molecular flexibility index (Phi) is 7.50. The lowest BCUT2D eigenvalue weighted by atomic mass is 9.84. The Balaban J connectivity index is 1.55. The number of pyridine rings is 1. The SMILES string of the molecule is CCOC(=O)c1c(NC(=O)COC(=O)c2c3c(nc4ccccc24)CCC(C)C3)sc(C)c1CC. The molecule has 0 bridgehead atoms. The summed E-state index contributed by atoms with van der Waals surface area (Å²) in [7, 11) is 0. The maximum Gasteiger partial charge on any atom is 0.341 e. The summed E-state index contributed by atoms with van der Waals surface area (Å²) in [4.78, 5) is 44.2. The maximum absolute atomic E-state index is 13.3. The molecule has 1 atom stereocenters. The third-order valence-electron chi connectivity index (χ3n) is 6.34. The quantitative estimate of drug-likeness (QED) is 0.450. The molecule has 0 spiro atoms. The molecule has 35 heavy (non-hydrogen) atoms. The van der Waals surface area contributed by atoms with Gasteiger partial charge in [0, 0.05) is 16.0 Å². The first-order chi connectivity index (χ1) is 16.8. The van der Waals surface area contributed by atoms with Gasteiger partial charge in [0.15, 0.2) is 6.61 Å². The van der Waals surface area contributed by atoms with Crippen LogP contribution in [0.1, 0.15) is 69.6 Å². The Bertz CT molecular complexity index is 1300. The number of aryl methyl sites for hydroxylation is 2. The highest BCUT2D eigenvalue weighted by Gasteiger charge is 2.27. The van der Waals surface area contributed by atoms with Crippen molar-refractivity contribution in [3.63, 3.8) is 0 Å². The molecule has 1 amide bonds. The number of hydrogen-bond donors (Lipinski definition) is 1. The van der Waals surface area contributed by atoms with Crippen molar-refractivity contribution < 1.29 is 23.9 Å². The molecule has 7 nitrogen and oxygen atoms in total. The fraction of sp³-hybridized carbons (Fsp3) is 0.407. The number of anilines is 1. The number of benzene rings is 1. The van der Waals surface area contributed by atoms with E-state index in [9.17, 15) is 14.4 Å². The van der Waals surface area contributed by atoms with Gasteiger partial charge in [-0.2, -0.15) is 0 Å². The van der Waals surface area contributed by atoms with Crippen LogP contribution in [-0.2, 0) is 33.5 Å². The minimum Gasteiger partial charge on any atom is -0.462 e. The molecule has 1 unspecified atom stereocenters. The lowest BCUT2D eigenvalue weighted by molar-refractivity contribution is -0.119. The van der Waals surface area contributed by atoms with Crippen molar-refractivity contribution in [1.82, 2.24) is 4.98 Å². The van der Waals surface area contributed by atoms with Crippen molar-refractivity contribution in [1.29, 1.82) is 0 Å². The summed E-state index contributed by atoms with van der Waals surface area (Å²) < 4.78 is 10.7. The molecule has 1 aliphatic carbocycles. The van der Waals surface area contributed by atoms with Crippen LogP contribution >= 0.6 is 11.3 Å². The average molecular weight is 495 g/mol. The number of nitrogens with zero attached hydrogens (tertiary/aromatic N) is 1. The maximum atomic E-state index is 13.3. The molecule has 1 aliphatic rings. The van der Waals surface area contributed by atoms with Crippen molar-refractivity contribution >= 4 is 45.1 Å². The first kappa shape index (κ1) is 24.9. The van der Waals surface area contributed by atoms with Gasteiger partial charge in [0.05, 0.1) is 23.3 Å². The predicted molar refractivity (Wildman–Crippen MR) is 136 cm³/mol. The van der Waals surface area contributed by atoms with Crippen molar-refractivity contribution in [2.45, 2.75) is 53.4 Å². The number of esters is 2. The molecule has 8 heteroatoms. The van der Waals surface area contributed by atoms with E-state index < -0.39 is 24.5 Å². The van der Waals surface area contributed by atoms with Crippen molar-refractivity contribution in [3.8, 4) is 0 Å². The largest absolute Gasteiger partial charge is 0.462 e. The zero-order chi connectivity index (χ0) is 25.1. The van der Waals surface area contributed by atoms with Crippen LogP contribution in [0.5, 0.6) is 0 Å². The van der Waals surface area contributed by atoms with E-state index in [0.29, 0.717) is 28.5 Å². The monoisotopic (exact) mass is 494 g/mol. The predicted octanol–water partition coefficient (Wildman–Crippen LogP) is 5.26. The Morgan fingerprint density at radius 1 is 1.11 bits per heavy atom. The second-order valence-electron chi connectivity index (χ2n) is 8.82. The Labute approximate surface area is 208 Å². The smallest absolute Gasteiger partial charge is 0.341 e. The number of aromatic nitrogens is 1. The van der Waals surface area contributed by atoms with E-state index in [-0.39, 0.29) is 6.61 Å². The molecule has 184 valence electrons. The van der Waals surface area contributed by atoms with Gasteiger partial charge >= 0.3 is 11.9 Å². The van der Waals surface area contributed by atoms with Crippen LogP contribution in [0.2, 0.25) is 0 Å². The van der Waals surface area contributed by atoms with Crippen LogP contribution in [0, 0.1) is 12.8 Å². The number of fused-ring (bicyclic) bond motifs is 2. The third-order valence-corrected chi connectivity index (χ3v) is 7.40. The molecule has 0 aliphatic heterocycles. The minimum atomic E-state index is -0.536. The standard InChI is InChI=1S/C27H30N2O5S/c1-5-17-16(4)35-25(24(17)27(32)33-6-2)29-22(30)14-34-26(31)23-18-9-7-8-10-20(18)28-21-12-11-15(3)13-19(21)23/h7-10,15H,5-6,11-14H2,1-4H3,(H,29,30). The van der Waals surface area contributed by atoms with Crippen LogP contribution in [0.15, 0.2) is 24.3 Å². The van der Waals surface area contributed by atoms with E-state index in [1.807, 2.05) is 38.1 Å². The molecule has 0 saturated heterocycles. The summed E-state index contributed by atoms with van der Waals surface area (Å²) in [6.45, 7) is 7.54. The summed E-state index contributed by atoms with van der Waals surface area (Å²) in [5, 5.41) is 3.90. The van der Waals surface area contributed by atoms with Crippen LogP contribution in [0.25, 0.3) is 10.9 Å². The van der Waals surface area contributed by atoms with E-state index in [0.717, 1.165) is 51.9 Å². The van der Waals surface area contributed by atoms with Crippen LogP contribution < -0.4 is 5.32 Å². The van der Waals surface area contributed by atoms with Crippen molar-refractivity contribution in [2.75, 3.05) is 18.5 Å². The normalized spacial score (nSPS) is 14.9. The Morgan fingerprint density at radius 3 is 2.60 bits per heavy atom. The van der Waals surface area contributed by atoms with Gasteiger partial charge in [-0.25, -0.2) is 9.59 Å². The van der Waals surface area contributed by atoms with Crippen LogP contribution in [0.4, 0.5) is 5.00 Å². The highest BCUT2D eigenvalue weighted by Crippen LogP contribution is 2.34. The van der Waals surface area contributed by atoms with Gasteiger partial charge in [-0.15, -0.1) is 11.3 Å². The summed E-state index contributed by atoms with van der Waals surface area (Å²) in [5.74, 6) is -1.07. The topological polar surface area (TPSA) is 94.6 Å². The molecule has 2 heterocycles. The Morgan fingerprint density at radius 2 is 1.86 bits per heavy atom. The molecule has 4 rings (SSSR count). The van der Waals surface area contributed by atoms with E-state index in [2.05, 4.69) is 12.2 Å². The van der Waals surface area contributed by atoms with Gasteiger partial charge in [0.1, 0.15) is 5.00 Å². The number of carbonyl (C=O) groups is 3. The number of para-hydroxylation sites is 1. The van der Waals surface area contributed by atoms with Crippen LogP contribution in [0.3, 0.4) is 0 Å². The number of nitrogens with one attached hydrogen (secondary N) is 1. The first-order valence-electron chi connectivity index (χ1n) is 12.0. The number of hydrogen-bond acceptors (Lipinski definition) is 7. The molecule has 2 aromatic heterocycles. The van der Waals surface area contributed by atoms with Gasteiger partial charge in [0.25, 0.3) is 5.91 Å². The summed E-state index contributed by atoms with van der Waals surface area (Å²) in [5.41, 5.74) is 4.32. The first-order valence-corrected chi connectivity index (χ1v) is 12.8.